The van der Waals surface area contributed by atoms with Gasteiger partial charge in [0.05, 0.1) is 23.3 Å². The highest BCUT2D eigenvalue weighted by Crippen LogP contribution is 2.25. The molecular formula is C21H25N3O6. The Kier molecular flexibility index (Phi) is 7.88. The third-order valence-corrected chi connectivity index (χ3v) is 4.55. The Morgan fingerprint density at radius 1 is 1.13 bits per heavy atom. The molecule has 160 valence electrons. The molecule has 2 N–H and O–H groups in total. The van der Waals surface area contributed by atoms with Crippen LogP contribution in [0.2, 0.25) is 0 Å². The van der Waals surface area contributed by atoms with E-state index in [9.17, 15) is 19.7 Å². The molecule has 1 amide bonds. The van der Waals surface area contributed by atoms with Gasteiger partial charge in [0, 0.05) is 19.0 Å². The van der Waals surface area contributed by atoms with Crippen molar-refractivity contribution in [2.24, 2.45) is 0 Å². The first kappa shape index (κ1) is 22.8. The molecule has 2 aromatic carbocycles. The second kappa shape index (κ2) is 10.4. The molecule has 2 aromatic rings. The predicted molar refractivity (Wildman–Crippen MR) is 111 cm³/mol. The smallest absolute Gasteiger partial charge is 0.329 e. The number of benzene rings is 2. The zero-order valence-electron chi connectivity index (χ0n) is 17.1. The summed E-state index contributed by atoms with van der Waals surface area (Å²) in [6, 6.07) is 13.5. The fourth-order valence-electron chi connectivity index (χ4n) is 2.77. The number of methoxy groups -OCH3 is 1. The minimum Gasteiger partial charge on any atom is -0.491 e. The summed E-state index contributed by atoms with van der Waals surface area (Å²) in [5, 5.41) is 16.7. The quantitative estimate of drug-likeness (QED) is 0.348. The summed E-state index contributed by atoms with van der Waals surface area (Å²) in [6.07, 6.45) is 0.0417. The highest BCUT2D eigenvalue weighted by Gasteiger charge is 2.35. The van der Waals surface area contributed by atoms with Crippen molar-refractivity contribution in [2.45, 2.75) is 25.8 Å². The molecule has 2 rings (SSSR count). The normalized spacial score (nSPS) is 12.5. The van der Waals surface area contributed by atoms with Crippen LogP contribution in [-0.2, 0) is 14.3 Å². The molecule has 0 saturated carbocycles. The highest BCUT2D eigenvalue weighted by molar-refractivity contribution is 5.92. The first-order chi connectivity index (χ1) is 14.3. The van der Waals surface area contributed by atoms with Gasteiger partial charge < -0.3 is 14.8 Å². The predicted octanol–water partition coefficient (Wildman–Crippen LogP) is 2.83. The molecule has 0 fully saturated rings. The minimum atomic E-state index is -1.16. The number of hydrogen-bond acceptors (Lipinski definition) is 7. The van der Waals surface area contributed by atoms with Crippen molar-refractivity contribution in [3.8, 4) is 5.75 Å². The summed E-state index contributed by atoms with van der Waals surface area (Å²) in [4.78, 5) is 35.0. The molecule has 0 saturated heterocycles. The van der Waals surface area contributed by atoms with Crippen LogP contribution in [0.4, 0.5) is 11.4 Å². The Balaban J connectivity index is 1.94. The van der Waals surface area contributed by atoms with Gasteiger partial charge in [-0.1, -0.05) is 24.3 Å². The van der Waals surface area contributed by atoms with E-state index in [0.29, 0.717) is 17.0 Å². The van der Waals surface area contributed by atoms with Crippen molar-refractivity contribution in [3.05, 3.63) is 64.2 Å². The number of nitro groups is 1. The molecule has 0 aliphatic heterocycles. The molecule has 0 spiro atoms. The Hall–Kier alpha value is -3.46. The van der Waals surface area contributed by atoms with E-state index in [4.69, 9.17) is 9.47 Å². The molecule has 9 heteroatoms. The number of hydrogen-bond donors (Lipinski definition) is 2. The molecule has 1 atom stereocenters. The number of esters is 1. The molecule has 0 heterocycles. The van der Waals surface area contributed by atoms with Gasteiger partial charge in [0.25, 0.3) is 5.69 Å². The van der Waals surface area contributed by atoms with E-state index in [0.717, 1.165) is 0 Å². The minimum absolute atomic E-state index is 0.00922. The number of carbonyl (C=O) groups excluding carboxylic acids is 2. The van der Waals surface area contributed by atoms with Gasteiger partial charge in [-0.25, -0.2) is 4.79 Å². The number of nitrogens with zero attached hydrogens (tertiary/aromatic N) is 1. The fourth-order valence-corrected chi connectivity index (χ4v) is 2.77. The van der Waals surface area contributed by atoms with Gasteiger partial charge in [0.15, 0.2) is 0 Å². The van der Waals surface area contributed by atoms with Crippen molar-refractivity contribution >= 4 is 23.3 Å². The molecule has 1 unspecified atom stereocenters. The number of anilines is 1. The lowest BCUT2D eigenvalue weighted by atomic mass is 10.0. The number of ether oxygens (including phenoxy) is 2. The van der Waals surface area contributed by atoms with Crippen LogP contribution in [0.15, 0.2) is 48.5 Å². The van der Waals surface area contributed by atoms with E-state index in [2.05, 4.69) is 10.6 Å². The van der Waals surface area contributed by atoms with Crippen LogP contribution in [0.25, 0.3) is 0 Å². The van der Waals surface area contributed by atoms with Gasteiger partial charge >= 0.3 is 5.97 Å². The maximum Gasteiger partial charge on any atom is 0.329 e. The summed E-state index contributed by atoms with van der Waals surface area (Å²) in [7, 11) is 1.28. The van der Waals surface area contributed by atoms with Gasteiger partial charge in [-0.2, -0.15) is 0 Å². The van der Waals surface area contributed by atoms with Crippen LogP contribution < -0.4 is 15.4 Å². The van der Waals surface area contributed by atoms with Crippen molar-refractivity contribution in [1.29, 1.82) is 0 Å². The second-order valence-electron chi connectivity index (χ2n) is 6.86. The molecule has 0 aromatic heterocycles. The summed E-state index contributed by atoms with van der Waals surface area (Å²) in [5.74, 6) is -0.260. The van der Waals surface area contributed by atoms with E-state index >= 15 is 0 Å². The third kappa shape index (κ3) is 6.02. The first-order valence-corrected chi connectivity index (χ1v) is 9.32. The van der Waals surface area contributed by atoms with Crippen LogP contribution in [0, 0.1) is 17.0 Å². The van der Waals surface area contributed by atoms with Gasteiger partial charge in [-0.15, -0.1) is 0 Å². The molecule has 0 bridgehead atoms. The first-order valence-electron chi connectivity index (χ1n) is 9.32. The summed E-state index contributed by atoms with van der Waals surface area (Å²) in [5.41, 5.74) is -0.481. The van der Waals surface area contributed by atoms with Crippen molar-refractivity contribution in [3.63, 3.8) is 0 Å². The van der Waals surface area contributed by atoms with E-state index in [1.807, 2.05) is 18.2 Å². The number of nitrogens with one attached hydrogen (secondary N) is 2. The summed E-state index contributed by atoms with van der Waals surface area (Å²) in [6.45, 7) is 3.38. The molecule has 30 heavy (non-hydrogen) atoms. The lowest BCUT2D eigenvalue weighted by Crippen LogP contribution is -2.55. The van der Waals surface area contributed by atoms with Crippen LogP contribution >= 0.6 is 0 Å². The van der Waals surface area contributed by atoms with Crippen LogP contribution in [0.3, 0.4) is 0 Å². The average Bonchev–Trinajstić information content (AvgIpc) is 2.73. The number of amides is 1. The summed E-state index contributed by atoms with van der Waals surface area (Å²) >= 11 is 0. The SMILES string of the molecule is COC(=O)C(C)(COc1ccccc1)NCCC(=O)Nc1cccc([N+](=O)[O-])c1C. The Morgan fingerprint density at radius 2 is 1.83 bits per heavy atom. The number of para-hydroxylation sites is 1. The third-order valence-electron chi connectivity index (χ3n) is 4.55. The maximum absolute atomic E-state index is 12.3. The number of nitro benzene ring substituents is 1. The lowest BCUT2D eigenvalue weighted by Gasteiger charge is -2.28. The average molecular weight is 415 g/mol. The largest absolute Gasteiger partial charge is 0.491 e. The van der Waals surface area contributed by atoms with Crippen molar-refractivity contribution in [1.82, 2.24) is 5.32 Å². The Bertz CT molecular complexity index is 903. The number of rotatable bonds is 10. The van der Waals surface area contributed by atoms with Crippen molar-refractivity contribution in [2.75, 3.05) is 25.6 Å². The zero-order valence-corrected chi connectivity index (χ0v) is 17.1. The maximum atomic E-state index is 12.3. The van der Waals surface area contributed by atoms with Crippen LogP contribution in [0.5, 0.6) is 5.75 Å². The van der Waals surface area contributed by atoms with E-state index in [1.165, 1.54) is 19.2 Å². The molecule has 0 radical (unpaired) electrons. The van der Waals surface area contributed by atoms with E-state index in [-0.39, 0.29) is 31.2 Å². The molecule has 9 nitrogen and oxygen atoms in total. The van der Waals surface area contributed by atoms with Crippen molar-refractivity contribution < 1.29 is 24.0 Å². The van der Waals surface area contributed by atoms with Crippen LogP contribution in [-0.4, -0.2) is 42.6 Å². The standard InChI is InChI=1S/C21H25N3O6/c1-15-17(10-7-11-18(15)24(27)28)23-19(25)12-13-22-21(2,20(26)29-3)14-30-16-8-5-4-6-9-16/h4-11,22H,12-14H2,1-3H3,(H,23,25). The zero-order chi connectivity index (χ0) is 22.1. The van der Waals surface area contributed by atoms with Gasteiger partial charge in [0.1, 0.15) is 17.9 Å². The van der Waals surface area contributed by atoms with Crippen LogP contribution in [0.1, 0.15) is 18.9 Å². The summed E-state index contributed by atoms with van der Waals surface area (Å²) < 4.78 is 10.5. The van der Waals surface area contributed by atoms with E-state index in [1.54, 1.807) is 32.0 Å². The van der Waals surface area contributed by atoms with Gasteiger partial charge in [-0.3, -0.25) is 20.2 Å². The van der Waals surface area contributed by atoms with E-state index < -0.39 is 16.4 Å². The molecular weight excluding hydrogens is 390 g/mol. The fraction of sp³-hybridized carbons (Fsp3) is 0.333. The highest BCUT2D eigenvalue weighted by atomic mass is 16.6. The monoisotopic (exact) mass is 415 g/mol. The lowest BCUT2D eigenvalue weighted by molar-refractivity contribution is -0.385. The van der Waals surface area contributed by atoms with Gasteiger partial charge in [0.2, 0.25) is 5.91 Å². The second-order valence-corrected chi connectivity index (χ2v) is 6.86. The topological polar surface area (TPSA) is 120 Å². The Morgan fingerprint density at radius 3 is 2.47 bits per heavy atom. The number of carbonyl (C=O) groups is 2. The molecule has 0 aliphatic rings. The van der Waals surface area contributed by atoms with Gasteiger partial charge in [-0.05, 0) is 32.0 Å². The molecule has 0 aliphatic carbocycles. The Labute approximate surface area is 174 Å².